The van der Waals surface area contributed by atoms with E-state index in [1.807, 2.05) is 25.5 Å². The summed E-state index contributed by atoms with van der Waals surface area (Å²) in [5.41, 5.74) is 0.395. The van der Waals surface area contributed by atoms with Gasteiger partial charge in [-0.25, -0.2) is 13.8 Å². The number of guanidine groups is 1. The van der Waals surface area contributed by atoms with Crippen molar-refractivity contribution in [3.8, 4) is 0 Å². The predicted octanol–water partition coefficient (Wildman–Crippen LogP) is 3.76. The molecule has 2 N–H and O–H groups in total. The van der Waals surface area contributed by atoms with Crippen molar-refractivity contribution in [1.82, 2.24) is 25.4 Å². The van der Waals surface area contributed by atoms with Crippen LogP contribution in [0.4, 0.5) is 8.78 Å². The molecule has 6 nitrogen and oxygen atoms in total. The van der Waals surface area contributed by atoms with Crippen molar-refractivity contribution in [3.05, 3.63) is 47.0 Å². The van der Waals surface area contributed by atoms with Crippen LogP contribution in [0.3, 0.4) is 0 Å². The molecule has 0 radical (unpaired) electrons. The number of aryl methyl sites for hydroxylation is 1. The van der Waals surface area contributed by atoms with E-state index in [2.05, 4.69) is 25.8 Å². The molecule has 154 valence electrons. The smallest absolute Gasteiger partial charge is 0.192 e. The Morgan fingerprint density at radius 2 is 2.00 bits per heavy atom. The molecular weight excluding hydrogens is 477 g/mol. The average molecular weight is 504 g/mol. The Balaban J connectivity index is 0.00000280. The summed E-state index contributed by atoms with van der Waals surface area (Å²) in [5, 5.41) is 14.8. The van der Waals surface area contributed by atoms with Gasteiger partial charge in [0.1, 0.15) is 24.0 Å². The minimum atomic E-state index is -0.584. The van der Waals surface area contributed by atoms with Crippen LogP contribution in [0.15, 0.2) is 23.2 Å². The number of nitrogens with one attached hydrogen (secondary N) is 2. The summed E-state index contributed by atoms with van der Waals surface area (Å²) in [6.07, 6.45) is 4.55. The molecule has 1 aromatic carbocycles. The van der Waals surface area contributed by atoms with Gasteiger partial charge in [-0.3, -0.25) is 0 Å². The second kappa shape index (κ2) is 10.1. The summed E-state index contributed by atoms with van der Waals surface area (Å²) in [4.78, 5) is 4.62. The maximum absolute atomic E-state index is 14.1. The van der Waals surface area contributed by atoms with Crippen molar-refractivity contribution in [2.45, 2.75) is 58.2 Å². The van der Waals surface area contributed by atoms with E-state index in [9.17, 15) is 8.78 Å². The maximum atomic E-state index is 14.1. The van der Waals surface area contributed by atoms with Gasteiger partial charge in [0.2, 0.25) is 0 Å². The van der Waals surface area contributed by atoms with Gasteiger partial charge < -0.3 is 15.2 Å². The monoisotopic (exact) mass is 504 g/mol. The van der Waals surface area contributed by atoms with Crippen LogP contribution in [0.1, 0.15) is 55.9 Å². The minimum absolute atomic E-state index is 0. The standard InChI is InChI=1S/C19H26F2N6.HI/c1-12(16-9-8-14(20)10-17(16)21)23-19(24-15-6-4-5-7-15)22-11-18-26-25-13(2)27(18)3;/h8-10,12,15H,4-7,11H2,1-3H3,(H2,22,23,24);1H. The first-order valence-electron chi connectivity index (χ1n) is 9.31. The molecule has 1 unspecified atom stereocenters. The van der Waals surface area contributed by atoms with Crippen LogP contribution in [-0.2, 0) is 13.6 Å². The van der Waals surface area contributed by atoms with Crippen molar-refractivity contribution in [3.63, 3.8) is 0 Å². The van der Waals surface area contributed by atoms with E-state index < -0.39 is 11.6 Å². The van der Waals surface area contributed by atoms with Crippen molar-refractivity contribution < 1.29 is 8.78 Å². The molecule has 0 bridgehead atoms. The van der Waals surface area contributed by atoms with Crippen molar-refractivity contribution in [1.29, 1.82) is 0 Å². The van der Waals surface area contributed by atoms with Gasteiger partial charge in [-0.15, -0.1) is 34.2 Å². The minimum Gasteiger partial charge on any atom is -0.354 e. The number of halogens is 3. The third-order valence-corrected chi connectivity index (χ3v) is 5.04. The zero-order valence-electron chi connectivity index (χ0n) is 16.4. The van der Waals surface area contributed by atoms with Crippen LogP contribution in [0.25, 0.3) is 0 Å². The third kappa shape index (κ3) is 5.62. The van der Waals surface area contributed by atoms with Crippen LogP contribution in [0.2, 0.25) is 0 Å². The normalized spacial score (nSPS) is 16.0. The molecular formula is C19H27F2IN6. The van der Waals surface area contributed by atoms with Gasteiger partial charge in [0, 0.05) is 24.7 Å². The summed E-state index contributed by atoms with van der Waals surface area (Å²) in [6.45, 7) is 4.07. The van der Waals surface area contributed by atoms with Gasteiger partial charge in [-0.05, 0) is 32.8 Å². The first kappa shape index (κ1) is 22.5. The molecule has 2 aromatic rings. The molecule has 0 aliphatic heterocycles. The van der Waals surface area contributed by atoms with Gasteiger partial charge >= 0.3 is 0 Å². The molecule has 0 saturated heterocycles. The third-order valence-electron chi connectivity index (χ3n) is 5.04. The highest BCUT2D eigenvalue weighted by atomic mass is 127. The molecule has 0 spiro atoms. The zero-order chi connectivity index (χ0) is 19.4. The van der Waals surface area contributed by atoms with Gasteiger partial charge in [0.05, 0.1) is 6.04 Å². The largest absolute Gasteiger partial charge is 0.354 e. The Kier molecular flexibility index (Phi) is 8.14. The lowest BCUT2D eigenvalue weighted by Crippen LogP contribution is -2.43. The quantitative estimate of drug-likeness (QED) is 0.370. The fraction of sp³-hybridized carbons (Fsp3) is 0.526. The van der Waals surface area contributed by atoms with Crippen LogP contribution in [0.5, 0.6) is 0 Å². The van der Waals surface area contributed by atoms with E-state index in [4.69, 9.17) is 0 Å². The Morgan fingerprint density at radius 1 is 1.29 bits per heavy atom. The maximum Gasteiger partial charge on any atom is 0.192 e. The lowest BCUT2D eigenvalue weighted by Gasteiger charge is -2.22. The molecule has 9 heteroatoms. The van der Waals surface area contributed by atoms with Crippen LogP contribution >= 0.6 is 24.0 Å². The van der Waals surface area contributed by atoms with Gasteiger partial charge in [0.15, 0.2) is 11.8 Å². The lowest BCUT2D eigenvalue weighted by atomic mass is 10.1. The van der Waals surface area contributed by atoms with Crippen LogP contribution < -0.4 is 10.6 Å². The summed E-state index contributed by atoms with van der Waals surface area (Å²) >= 11 is 0. The highest BCUT2D eigenvalue weighted by Crippen LogP contribution is 2.20. The predicted molar refractivity (Wildman–Crippen MR) is 116 cm³/mol. The number of hydrogen-bond donors (Lipinski definition) is 2. The fourth-order valence-electron chi connectivity index (χ4n) is 3.27. The molecule has 1 fully saturated rings. The highest BCUT2D eigenvalue weighted by Gasteiger charge is 2.19. The molecule has 0 amide bonds. The molecule has 1 aromatic heterocycles. The van der Waals surface area contributed by atoms with E-state index >= 15 is 0 Å². The lowest BCUT2D eigenvalue weighted by molar-refractivity contribution is 0.544. The molecule has 3 rings (SSSR count). The summed E-state index contributed by atoms with van der Waals surface area (Å²) in [5.74, 6) is 1.01. The van der Waals surface area contributed by atoms with Crippen LogP contribution in [0, 0.1) is 18.6 Å². The van der Waals surface area contributed by atoms with Gasteiger partial charge in [-0.1, -0.05) is 18.9 Å². The number of hydrogen-bond acceptors (Lipinski definition) is 3. The number of benzene rings is 1. The Hall–Kier alpha value is -1.78. The van der Waals surface area contributed by atoms with Crippen LogP contribution in [-0.4, -0.2) is 26.8 Å². The zero-order valence-corrected chi connectivity index (χ0v) is 18.7. The van der Waals surface area contributed by atoms with Crippen molar-refractivity contribution in [2.24, 2.45) is 12.0 Å². The second-order valence-corrected chi connectivity index (χ2v) is 7.04. The highest BCUT2D eigenvalue weighted by molar-refractivity contribution is 14.0. The topological polar surface area (TPSA) is 67.1 Å². The van der Waals surface area contributed by atoms with E-state index in [0.717, 1.165) is 30.6 Å². The van der Waals surface area contributed by atoms with E-state index in [-0.39, 0.29) is 30.0 Å². The summed E-state index contributed by atoms with van der Waals surface area (Å²) in [6, 6.07) is 3.61. The van der Waals surface area contributed by atoms with Crippen molar-refractivity contribution >= 4 is 29.9 Å². The Morgan fingerprint density at radius 3 is 2.61 bits per heavy atom. The second-order valence-electron chi connectivity index (χ2n) is 7.04. The molecule has 1 heterocycles. The SMILES string of the molecule is Cc1nnc(CN=C(NC2CCCC2)NC(C)c2ccc(F)cc2F)n1C.I. The molecule has 1 aliphatic carbocycles. The Bertz CT molecular complexity index is 817. The Labute approximate surface area is 181 Å². The number of aromatic nitrogens is 3. The van der Waals surface area contributed by atoms with E-state index in [1.54, 1.807) is 0 Å². The number of nitrogens with zero attached hydrogens (tertiary/aromatic N) is 4. The average Bonchev–Trinajstić information content (AvgIpc) is 3.24. The fourth-order valence-corrected chi connectivity index (χ4v) is 3.27. The first-order valence-corrected chi connectivity index (χ1v) is 9.31. The molecule has 28 heavy (non-hydrogen) atoms. The molecule has 1 saturated carbocycles. The number of aliphatic imine (C=N–C) groups is 1. The van der Waals surface area contributed by atoms with E-state index in [0.29, 0.717) is 24.1 Å². The van der Waals surface area contributed by atoms with Gasteiger partial charge in [0.25, 0.3) is 0 Å². The number of rotatable bonds is 5. The molecule has 1 atom stereocenters. The van der Waals surface area contributed by atoms with E-state index in [1.165, 1.54) is 25.0 Å². The van der Waals surface area contributed by atoms with Crippen molar-refractivity contribution in [2.75, 3.05) is 0 Å². The first-order chi connectivity index (χ1) is 12.9. The van der Waals surface area contributed by atoms with Gasteiger partial charge in [-0.2, -0.15) is 0 Å². The summed E-state index contributed by atoms with van der Waals surface area (Å²) < 4.78 is 29.2. The molecule has 1 aliphatic rings. The summed E-state index contributed by atoms with van der Waals surface area (Å²) in [7, 11) is 1.90.